The fourth-order valence-electron chi connectivity index (χ4n) is 1.37. The predicted octanol–water partition coefficient (Wildman–Crippen LogP) is 3.53. The maximum Gasteiger partial charge on any atom is 0.413 e. The van der Waals surface area contributed by atoms with Crippen molar-refractivity contribution < 1.29 is 22.4 Å². The van der Waals surface area contributed by atoms with Crippen molar-refractivity contribution in [3.05, 3.63) is 41.2 Å². The number of aromatic nitrogens is 1. The van der Waals surface area contributed by atoms with Crippen LogP contribution in [0.2, 0.25) is 0 Å². The third-order valence-corrected chi connectivity index (χ3v) is 3.17. The van der Waals surface area contributed by atoms with Crippen LogP contribution in [0.3, 0.4) is 0 Å². The van der Waals surface area contributed by atoms with Crippen molar-refractivity contribution in [2.45, 2.75) is 12.7 Å². The molecular formula is C12H10F4N2OS. The minimum Gasteiger partial charge on any atom is -0.292 e. The first-order valence-electron chi connectivity index (χ1n) is 5.56. The smallest absolute Gasteiger partial charge is 0.292 e. The van der Waals surface area contributed by atoms with Crippen LogP contribution >= 0.6 is 11.3 Å². The molecule has 8 heteroatoms. The number of hydroxylamine groups is 1. The fraction of sp³-hybridized carbons (Fsp3) is 0.250. The van der Waals surface area contributed by atoms with E-state index in [9.17, 15) is 17.6 Å². The van der Waals surface area contributed by atoms with Crippen LogP contribution in [-0.4, -0.2) is 17.8 Å². The summed E-state index contributed by atoms with van der Waals surface area (Å²) in [4.78, 5) is 8.49. The molecule has 0 saturated carbocycles. The fourth-order valence-corrected chi connectivity index (χ4v) is 2.20. The highest BCUT2D eigenvalue weighted by atomic mass is 32.1. The van der Waals surface area contributed by atoms with Gasteiger partial charge in [-0.1, -0.05) is 0 Å². The molecule has 0 atom stereocenters. The number of hydrogen-bond acceptors (Lipinski definition) is 4. The van der Waals surface area contributed by atoms with Gasteiger partial charge in [-0.2, -0.15) is 18.7 Å². The van der Waals surface area contributed by atoms with Crippen molar-refractivity contribution in [3.63, 3.8) is 0 Å². The van der Waals surface area contributed by atoms with Gasteiger partial charge in [0.15, 0.2) is 6.61 Å². The molecule has 0 saturated heterocycles. The zero-order chi connectivity index (χ0) is 14.6. The minimum absolute atomic E-state index is 0.0633. The molecular weight excluding hydrogens is 296 g/mol. The van der Waals surface area contributed by atoms with E-state index in [1.165, 1.54) is 23.5 Å². The molecule has 2 aromatic rings. The quantitative estimate of drug-likeness (QED) is 0.521. The molecule has 0 radical (unpaired) electrons. The van der Waals surface area contributed by atoms with E-state index >= 15 is 0 Å². The Hall–Kier alpha value is -1.51. The first-order chi connectivity index (χ1) is 9.44. The van der Waals surface area contributed by atoms with Crippen molar-refractivity contribution >= 4 is 11.3 Å². The zero-order valence-electron chi connectivity index (χ0n) is 10.1. The van der Waals surface area contributed by atoms with Crippen LogP contribution in [-0.2, 0) is 11.4 Å². The van der Waals surface area contributed by atoms with Crippen LogP contribution < -0.4 is 5.48 Å². The van der Waals surface area contributed by atoms with Crippen molar-refractivity contribution in [2.24, 2.45) is 0 Å². The Bertz CT molecular complexity index is 553. The Labute approximate surface area is 116 Å². The third-order valence-electron chi connectivity index (χ3n) is 2.23. The number of hydrogen-bond donors (Lipinski definition) is 1. The van der Waals surface area contributed by atoms with Crippen molar-refractivity contribution in [1.82, 2.24) is 10.5 Å². The Kier molecular flexibility index (Phi) is 4.69. The second-order valence-corrected chi connectivity index (χ2v) is 4.73. The summed E-state index contributed by atoms with van der Waals surface area (Å²) in [6, 6.07) is 5.82. The second kappa shape index (κ2) is 6.29. The van der Waals surface area contributed by atoms with Crippen LogP contribution in [0.5, 0.6) is 0 Å². The average molecular weight is 306 g/mol. The number of benzene rings is 1. The van der Waals surface area contributed by atoms with Crippen LogP contribution in [0, 0.1) is 5.82 Å². The van der Waals surface area contributed by atoms with Crippen molar-refractivity contribution in [2.75, 3.05) is 6.61 Å². The van der Waals surface area contributed by atoms with Gasteiger partial charge in [0.25, 0.3) is 0 Å². The van der Waals surface area contributed by atoms with Gasteiger partial charge in [0, 0.05) is 10.9 Å². The van der Waals surface area contributed by atoms with Gasteiger partial charge in [-0.3, -0.25) is 4.84 Å². The lowest BCUT2D eigenvalue weighted by Crippen LogP contribution is -2.24. The van der Waals surface area contributed by atoms with Gasteiger partial charge in [0.2, 0.25) is 0 Å². The van der Waals surface area contributed by atoms with Crippen LogP contribution in [0.15, 0.2) is 29.6 Å². The molecule has 108 valence electrons. The second-order valence-electron chi connectivity index (χ2n) is 3.88. The highest BCUT2D eigenvalue weighted by Gasteiger charge is 2.27. The number of alkyl halides is 3. The summed E-state index contributed by atoms with van der Waals surface area (Å²) in [5.74, 6) is -0.340. The van der Waals surface area contributed by atoms with Gasteiger partial charge >= 0.3 is 6.18 Å². The van der Waals surface area contributed by atoms with E-state index in [0.717, 1.165) is 5.56 Å². The van der Waals surface area contributed by atoms with E-state index in [2.05, 4.69) is 15.3 Å². The van der Waals surface area contributed by atoms with E-state index in [1.54, 1.807) is 17.5 Å². The molecule has 3 nitrogen and oxygen atoms in total. The maximum absolute atomic E-state index is 12.8. The van der Waals surface area contributed by atoms with Crippen LogP contribution in [0.1, 0.15) is 5.69 Å². The van der Waals surface area contributed by atoms with Gasteiger partial charge in [0.1, 0.15) is 10.8 Å². The standard InChI is InChI=1S/C12H10F4N2OS/c13-9-3-1-8(2-4-9)11-18-10(6-20-11)5-17-19-7-12(14,15)16/h1-4,6,17H,5,7H2. The number of halogens is 4. The molecule has 20 heavy (non-hydrogen) atoms. The summed E-state index contributed by atoms with van der Waals surface area (Å²) in [6.45, 7) is -1.30. The Morgan fingerprint density at radius 1 is 1.20 bits per heavy atom. The van der Waals surface area contributed by atoms with Gasteiger partial charge in [-0.05, 0) is 24.3 Å². The molecule has 1 N–H and O–H groups in total. The normalized spacial score (nSPS) is 11.8. The van der Waals surface area contributed by atoms with Gasteiger partial charge in [0.05, 0.1) is 12.2 Å². The summed E-state index contributed by atoms with van der Waals surface area (Å²) in [5, 5.41) is 2.36. The maximum atomic E-state index is 12.8. The minimum atomic E-state index is -4.37. The van der Waals surface area contributed by atoms with Crippen LogP contribution in [0.25, 0.3) is 10.6 Å². The molecule has 1 heterocycles. The molecule has 1 aromatic carbocycles. The lowest BCUT2D eigenvalue weighted by Gasteiger charge is -2.06. The highest BCUT2D eigenvalue weighted by Crippen LogP contribution is 2.23. The zero-order valence-corrected chi connectivity index (χ0v) is 10.9. The molecule has 2 rings (SSSR count). The molecule has 0 aliphatic rings. The first-order valence-corrected chi connectivity index (χ1v) is 6.44. The van der Waals surface area contributed by atoms with E-state index in [4.69, 9.17) is 0 Å². The summed E-state index contributed by atoms with van der Waals surface area (Å²) >= 11 is 1.32. The van der Waals surface area contributed by atoms with Crippen molar-refractivity contribution in [1.29, 1.82) is 0 Å². The Balaban J connectivity index is 1.88. The summed E-state index contributed by atoms with van der Waals surface area (Å²) < 4.78 is 48.3. The largest absolute Gasteiger partial charge is 0.413 e. The molecule has 0 aliphatic carbocycles. The lowest BCUT2D eigenvalue weighted by atomic mass is 10.2. The Morgan fingerprint density at radius 3 is 2.55 bits per heavy atom. The van der Waals surface area contributed by atoms with Crippen molar-refractivity contribution in [3.8, 4) is 10.6 Å². The predicted molar refractivity (Wildman–Crippen MR) is 66.4 cm³/mol. The van der Waals surface area contributed by atoms with E-state index in [1.807, 2.05) is 0 Å². The number of nitrogens with one attached hydrogen (secondary N) is 1. The monoisotopic (exact) mass is 306 g/mol. The number of thiazole rings is 1. The SMILES string of the molecule is Fc1ccc(-c2nc(CNOCC(F)(F)F)cs2)cc1. The van der Waals surface area contributed by atoms with Gasteiger partial charge in [-0.25, -0.2) is 9.37 Å². The van der Waals surface area contributed by atoms with E-state index < -0.39 is 12.8 Å². The molecule has 0 unspecified atom stereocenters. The Morgan fingerprint density at radius 2 is 1.90 bits per heavy atom. The number of rotatable bonds is 5. The molecule has 0 aliphatic heterocycles. The van der Waals surface area contributed by atoms with Gasteiger partial charge < -0.3 is 0 Å². The number of nitrogens with zero attached hydrogens (tertiary/aromatic N) is 1. The van der Waals surface area contributed by atoms with Crippen LogP contribution in [0.4, 0.5) is 17.6 Å². The summed E-state index contributed by atoms with van der Waals surface area (Å²) in [7, 11) is 0. The van der Waals surface area contributed by atoms with Gasteiger partial charge in [-0.15, -0.1) is 11.3 Å². The third kappa shape index (κ3) is 4.55. The molecule has 0 fully saturated rings. The first kappa shape index (κ1) is 14.9. The summed E-state index contributed by atoms with van der Waals surface area (Å²) in [5.41, 5.74) is 3.50. The topological polar surface area (TPSA) is 34.2 Å². The molecule has 1 aromatic heterocycles. The molecule has 0 spiro atoms. The average Bonchev–Trinajstić information content (AvgIpc) is 2.83. The lowest BCUT2D eigenvalue weighted by molar-refractivity contribution is -0.190. The van der Waals surface area contributed by atoms with E-state index in [-0.39, 0.29) is 12.4 Å². The van der Waals surface area contributed by atoms with E-state index in [0.29, 0.717) is 10.7 Å². The molecule has 0 amide bonds. The summed E-state index contributed by atoms with van der Waals surface area (Å²) in [6.07, 6.45) is -4.37. The molecule has 0 bridgehead atoms. The highest BCUT2D eigenvalue weighted by molar-refractivity contribution is 7.13.